The topological polar surface area (TPSA) is 33.7 Å². The van der Waals surface area contributed by atoms with E-state index < -0.39 is 0 Å². The van der Waals surface area contributed by atoms with Crippen LogP contribution in [0.3, 0.4) is 0 Å². The molecular formula is C15H32N2O2. The van der Waals surface area contributed by atoms with Crippen molar-refractivity contribution in [2.75, 3.05) is 46.4 Å². The van der Waals surface area contributed by atoms with Crippen LogP contribution in [-0.2, 0) is 9.47 Å². The van der Waals surface area contributed by atoms with Gasteiger partial charge in [-0.2, -0.15) is 0 Å². The highest BCUT2D eigenvalue weighted by Gasteiger charge is 2.25. The molecule has 0 aromatic rings. The molecule has 0 aliphatic carbocycles. The first-order chi connectivity index (χ1) is 9.13. The van der Waals surface area contributed by atoms with E-state index in [-0.39, 0.29) is 0 Å². The Hall–Kier alpha value is -0.160. The number of hydrogen-bond acceptors (Lipinski definition) is 4. The smallest absolute Gasteiger partial charge is 0.0724 e. The van der Waals surface area contributed by atoms with Crippen LogP contribution in [0.25, 0.3) is 0 Å². The van der Waals surface area contributed by atoms with E-state index in [1.807, 2.05) is 7.11 Å². The average molecular weight is 272 g/mol. The molecular weight excluding hydrogens is 240 g/mol. The summed E-state index contributed by atoms with van der Waals surface area (Å²) >= 11 is 0. The van der Waals surface area contributed by atoms with Gasteiger partial charge in [-0.15, -0.1) is 0 Å². The molecule has 2 unspecified atom stereocenters. The molecule has 0 saturated carbocycles. The molecule has 4 nitrogen and oxygen atoms in total. The standard InChI is InChI=1S/C15H32N2O2/c1-13(2)19-11-5-7-16-8-10-17-9-6-14(3)15(12-17)18-4/h13-16H,5-12H2,1-4H3. The molecule has 114 valence electrons. The van der Waals surface area contributed by atoms with Crippen molar-refractivity contribution in [3.05, 3.63) is 0 Å². The molecule has 4 heteroatoms. The monoisotopic (exact) mass is 272 g/mol. The molecule has 0 aromatic carbocycles. The maximum absolute atomic E-state index is 5.54. The van der Waals surface area contributed by atoms with E-state index in [0.717, 1.165) is 39.2 Å². The summed E-state index contributed by atoms with van der Waals surface area (Å²) in [5.74, 6) is 0.697. The van der Waals surface area contributed by atoms with Gasteiger partial charge in [0.05, 0.1) is 12.2 Å². The minimum atomic E-state index is 0.348. The number of nitrogens with one attached hydrogen (secondary N) is 1. The van der Waals surface area contributed by atoms with Crippen molar-refractivity contribution in [3.63, 3.8) is 0 Å². The second-order valence-corrected chi connectivity index (χ2v) is 5.86. The Morgan fingerprint density at radius 3 is 2.79 bits per heavy atom. The lowest BCUT2D eigenvalue weighted by Crippen LogP contribution is -2.46. The first-order valence-electron chi connectivity index (χ1n) is 7.71. The van der Waals surface area contributed by atoms with E-state index in [1.165, 1.54) is 13.0 Å². The summed E-state index contributed by atoms with van der Waals surface area (Å²) in [6, 6.07) is 0. The highest BCUT2D eigenvalue weighted by atomic mass is 16.5. The molecule has 0 spiro atoms. The van der Waals surface area contributed by atoms with Crippen LogP contribution in [0, 0.1) is 5.92 Å². The summed E-state index contributed by atoms with van der Waals surface area (Å²) < 4.78 is 11.0. The first-order valence-corrected chi connectivity index (χ1v) is 7.71. The molecule has 1 aliphatic rings. The van der Waals surface area contributed by atoms with Crippen LogP contribution in [0.5, 0.6) is 0 Å². The number of nitrogens with zero attached hydrogens (tertiary/aromatic N) is 1. The minimum Gasteiger partial charge on any atom is -0.380 e. The quantitative estimate of drug-likeness (QED) is 0.648. The average Bonchev–Trinajstić information content (AvgIpc) is 2.39. The lowest BCUT2D eigenvalue weighted by atomic mass is 9.96. The second-order valence-electron chi connectivity index (χ2n) is 5.86. The van der Waals surface area contributed by atoms with Gasteiger partial charge in [0.15, 0.2) is 0 Å². The summed E-state index contributed by atoms with van der Waals surface area (Å²) in [5, 5.41) is 3.49. The van der Waals surface area contributed by atoms with E-state index in [1.54, 1.807) is 0 Å². The predicted octanol–water partition coefficient (Wildman–Crippen LogP) is 1.75. The predicted molar refractivity (Wildman–Crippen MR) is 79.6 cm³/mol. The maximum atomic E-state index is 5.54. The van der Waals surface area contributed by atoms with Crippen LogP contribution in [0.4, 0.5) is 0 Å². The summed E-state index contributed by atoms with van der Waals surface area (Å²) in [4.78, 5) is 2.51. The Labute approximate surface area is 118 Å². The fraction of sp³-hybridized carbons (Fsp3) is 1.00. The van der Waals surface area contributed by atoms with Gasteiger partial charge in [0, 0.05) is 33.4 Å². The van der Waals surface area contributed by atoms with Crippen molar-refractivity contribution in [1.82, 2.24) is 10.2 Å². The van der Waals surface area contributed by atoms with Gasteiger partial charge >= 0.3 is 0 Å². The van der Waals surface area contributed by atoms with Crippen LogP contribution in [0.15, 0.2) is 0 Å². The molecule has 1 aliphatic heterocycles. The Bertz CT molecular complexity index is 224. The van der Waals surface area contributed by atoms with Crippen LogP contribution in [0.1, 0.15) is 33.6 Å². The Morgan fingerprint density at radius 1 is 1.32 bits per heavy atom. The molecule has 0 bridgehead atoms. The maximum Gasteiger partial charge on any atom is 0.0724 e. The fourth-order valence-corrected chi connectivity index (χ4v) is 2.49. The van der Waals surface area contributed by atoms with Crippen molar-refractivity contribution in [3.8, 4) is 0 Å². The molecule has 19 heavy (non-hydrogen) atoms. The first kappa shape index (κ1) is 16.9. The van der Waals surface area contributed by atoms with E-state index in [4.69, 9.17) is 9.47 Å². The summed E-state index contributed by atoms with van der Waals surface area (Å²) in [6.45, 7) is 12.8. The lowest BCUT2D eigenvalue weighted by molar-refractivity contribution is -0.00445. The molecule has 1 heterocycles. The van der Waals surface area contributed by atoms with Crippen molar-refractivity contribution in [2.24, 2.45) is 5.92 Å². The van der Waals surface area contributed by atoms with E-state index >= 15 is 0 Å². The minimum absolute atomic E-state index is 0.348. The van der Waals surface area contributed by atoms with Gasteiger partial charge in [-0.3, -0.25) is 4.90 Å². The Balaban J connectivity index is 1.97. The Kier molecular flexibility index (Phi) is 8.62. The second kappa shape index (κ2) is 9.70. The molecule has 1 rings (SSSR count). The number of hydrogen-bond donors (Lipinski definition) is 1. The number of piperidine rings is 1. The molecule has 1 N–H and O–H groups in total. The third-order valence-electron chi connectivity index (χ3n) is 3.83. The van der Waals surface area contributed by atoms with Crippen molar-refractivity contribution < 1.29 is 9.47 Å². The van der Waals surface area contributed by atoms with Gasteiger partial charge in [-0.05, 0) is 45.7 Å². The van der Waals surface area contributed by atoms with Crippen molar-refractivity contribution >= 4 is 0 Å². The van der Waals surface area contributed by atoms with E-state index in [9.17, 15) is 0 Å². The van der Waals surface area contributed by atoms with Gasteiger partial charge in [0.2, 0.25) is 0 Å². The zero-order valence-corrected chi connectivity index (χ0v) is 13.2. The van der Waals surface area contributed by atoms with Crippen molar-refractivity contribution in [2.45, 2.75) is 45.8 Å². The van der Waals surface area contributed by atoms with Crippen LogP contribution >= 0.6 is 0 Å². The molecule has 0 amide bonds. The molecule has 1 fully saturated rings. The highest BCUT2D eigenvalue weighted by Crippen LogP contribution is 2.18. The SMILES string of the molecule is COC1CN(CCNCCCOC(C)C)CCC1C. The number of ether oxygens (including phenoxy) is 2. The molecule has 0 radical (unpaired) electrons. The van der Waals surface area contributed by atoms with Crippen LogP contribution in [-0.4, -0.2) is 63.5 Å². The van der Waals surface area contributed by atoms with Gasteiger partial charge in [-0.1, -0.05) is 6.92 Å². The summed E-state index contributed by atoms with van der Waals surface area (Å²) in [5.41, 5.74) is 0. The van der Waals surface area contributed by atoms with Gasteiger partial charge in [-0.25, -0.2) is 0 Å². The largest absolute Gasteiger partial charge is 0.380 e. The number of rotatable bonds is 9. The molecule has 0 aromatic heterocycles. The van der Waals surface area contributed by atoms with Crippen molar-refractivity contribution in [1.29, 1.82) is 0 Å². The van der Waals surface area contributed by atoms with Crippen LogP contribution < -0.4 is 5.32 Å². The number of likely N-dealkylation sites (tertiary alicyclic amines) is 1. The molecule has 1 saturated heterocycles. The lowest BCUT2D eigenvalue weighted by Gasteiger charge is -2.36. The Morgan fingerprint density at radius 2 is 2.11 bits per heavy atom. The van der Waals surface area contributed by atoms with Crippen LogP contribution in [0.2, 0.25) is 0 Å². The third kappa shape index (κ3) is 7.25. The fourth-order valence-electron chi connectivity index (χ4n) is 2.49. The van der Waals surface area contributed by atoms with Gasteiger partial charge < -0.3 is 14.8 Å². The van der Waals surface area contributed by atoms with Gasteiger partial charge in [0.25, 0.3) is 0 Å². The van der Waals surface area contributed by atoms with Gasteiger partial charge in [0.1, 0.15) is 0 Å². The molecule has 2 atom stereocenters. The van der Waals surface area contributed by atoms with E-state index in [2.05, 4.69) is 31.0 Å². The number of methoxy groups -OCH3 is 1. The summed E-state index contributed by atoms with van der Waals surface area (Å²) in [6.07, 6.45) is 3.10. The summed E-state index contributed by atoms with van der Waals surface area (Å²) in [7, 11) is 1.83. The van der Waals surface area contributed by atoms with E-state index in [0.29, 0.717) is 18.1 Å². The normalized spacial score (nSPS) is 25.1. The zero-order valence-electron chi connectivity index (χ0n) is 13.2. The third-order valence-corrected chi connectivity index (χ3v) is 3.83. The zero-order chi connectivity index (χ0) is 14.1. The highest BCUT2D eigenvalue weighted by molar-refractivity contribution is 4.78.